The first-order chi connectivity index (χ1) is 10.0. The number of carboxylic acid groups (broad SMARTS) is 1. The number of ether oxygens (including phenoxy) is 1. The number of hydrogen-bond donors (Lipinski definition) is 2. The zero-order valence-electron chi connectivity index (χ0n) is 11.9. The molecule has 0 spiro atoms. The predicted molar refractivity (Wildman–Crippen MR) is 75.3 cm³/mol. The number of carbonyl (C=O) groups excluding carboxylic acids is 2. The minimum atomic E-state index is -1.05. The number of carbonyl (C=O) groups is 3. The smallest absolute Gasteiger partial charge is 0.328 e. The normalized spacial score (nSPS) is 11.5. The van der Waals surface area contributed by atoms with E-state index < -0.39 is 23.9 Å². The van der Waals surface area contributed by atoms with Gasteiger partial charge >= 0.3 is 11.9 Å². The Bertz CT molecular complexity index is 486. The van der Waals surface area contributed by atoms with Gasteiger partial charge in [-0.2, -0.15) is 0 Å². The summed E-state index contributed by atoms with van der Waals surface area (Å²) in [6.07, 6.45) is -0.0361. The maximum absolute atomic E-state index is 11.9. The number of esters is 1. The molecule has 0 fully saturated rings. The third-order valence-electron chi connectivity index (χ3n) is 2.82. The lowest BCUT2D eigenvalue weighted by Crippen LogP contribution is -2.41. The van der Waals surface area contributed by atoms with Gasteiger partial charge in [0.25, 0.3) is 0 Å². The molecule has 0 saturated heterocycles. The highest BCUT2D eigenvalue weighted by molar-refractivity contribution is 5.86. The summed E-state index contributed by atoms with van der Waals surface area (Å²) < 4.78 is 5.14. The summed E-state index contributed by atoms with van der Waals surface area (Å²) in [5, 5.41) is 11.0. The number of carboxylic acids is 1. The van der Waals surface area contributed by atoms with Crippen molar-refractivity contribution in [2.24, 2.45) is 0 Å². The number of aliphatic carboxylic acids is 1. The lowest BCUT2D eigenvalue weighted by atomic mass is 10.2. The Kier molecular flexibility index (Phi) is 6.94. The van der Waals surface area contributed by atoms with Crippen LogP contribution in [-0.2, 0) is 25.7 Å². The van der Waals surface area contributed by atoms with Crippen LogP contribution < -0.4 is 5.32 Å². The quantitative estimate of drug-likeness (QED) is 0.708. The molecule has 6 heteroatoms. The Morgan fingerprint density at radius 1 is 1.19 bits per heavy atom. The molecule has 0 bridgehead atoms. The number of amides is 1. The minimum absolute atomic E-state index is 0.140. The fourth-order valence-electron chi connectivity index (χ4n) is 1.64. The van der Waals surface area contributed by atoms with Crippen molar-refractivity contribution in [3.8, 4) is 0 Å². The van der Waals surface area contributed by atoms with Gasteiger partial charge in [-0.3, -0.25) is 9.59 Å². The van der Waals surface area contributed by atoms with Crippen LogP contribution in [0.5, 0.6) is 0 Å². The van der Waals surface area contributed by atoms with Gasteiger partial charge in [0.2, 0.25) is 5.91 Å². The van der Waals surface area contributed by atoms with Crippen LogP contribution in [-0.4, -0.2) is 29.0 Å². The summed E-state index contributed by atoms with van der Waals surface area (Å²) in [6, 6.07) is 8.46. The van der Waals surface area contributed by atoms with E-state index in [9.17, 15) is 14.4 Å². The summed E-state index contributed by atoms with van der Waals surface area (Å²) in [4.78, 5) is 33.8. The predicted octanol–water partition coefficient (Wildman–Crippen LogP) is 1.49. The highest BCUT2D eigenvalue weighted by Gasteiger charge is 2.20. The zero-order chi connectivity index (χ0) is 15.7. The molecule has 0 heterocycles. The van der Waals surface area contributed by atoms with Crippen molar-refractivity contribution in [3.63, 3.8) is 0 Å². The fourth-order valence-corrected chi connectivity index (χ4v) is 1.64. The van der Waals surface area contributed by atoms with Crippen molar-refractivity contribution in [2.45, 2.75) is 38.8 Å². The summed E-state index contributed by atoms with van der Waals surface area (Å²) in [7, 11) is 0. The van der Waals surface area contributed by atoms with Gasteiger partial charge in [0.05, 0.1) is 6.42 Å². The van der Waals surface area contributed by atoms with Crippen molar-refractivity contribution in [3.05, 3.63) is 35.9 Å². The van der Waals surface area contributed by atoms with Crippen LogP contribution in [0.25, 0.3) is 0 Å². The highest BCUT2D eigenvalue weighted by Crippen LogP contribution is 2.04. The molecule has 114 valence electrons. The van der Waals surface area contributed by atoms with Gasteiger partial charge in [-0.25, -0.2) is 4.79 Å². The van der Waals surface area contributed by atoms with Crippen molar-refractivity contribution < 1.29 is 24.2 Å². The number of benzene rings is 1. The molecule has 1 atom stereocenters. The van der Waals surface area contributed by atoms with E-state index >= 15 is 0 Å². The molecular weight excluding hydrogens is 274 g/mol. The van der Waals surface area contributed by atoms with Gasteiger partial charge in [0, 0.05) is 6.42 Å². The Hall–Kier alpha value is -2.37. The molecule has 0 aliphatic carbocycles. The lowest BCUT2D eigenvalue weighted by molar-refractivity contribution is -0.149. The third-order valence-corrected chi connectivity index (χ3v) is 2.82. The van der Waals surface area contributed by atoms with E-state index in [-0.39, 0.29) is 19.4 Å². The van der Waals surface area contributed by atoms with E-state index in [1.165, 1.54) is 0 Å². The summed E-state index contributed by atoms with van der Waals surface area (Å²) in [6.45, 7) is 1.88. The Labute approximate surface area is 123 Å². The van der Waals surface area contributed by atoms with Crippen LogP contribution in [0.15, 0.2) is 30.3 Å². The molecule has 0 aliphatic rings. The van der Waals surface area contributed by atoms with Crippen LogP contribution in [0.4, 0.5) is 0 Å². The number of nitrogens with one attached hydrogen (secondary N) is 1. The first-order valence-electron chi connectivity index (χ1n) is 6.74. The van der Waals surface area contributed by atoms with Crippen molar-refractivity contribution in [2.75, 3.05) is 0 Å². The van der Waals surface area contributed by atoms with Gasteiger partial charge < -0.3 is 15.2 Å². The summed E-state index contributed by atoms with van der Waals surface area (Å²) in [5.41, 5.74) is 0.859. The lowest BCUT2D eigenvalue weighted by Gasteiger charge is -2.15. The standard InChI is InChI=1S/C15H19NO5/c1-2-12(16-13(17)8-9-14(18)19)15(20)21-10-11-6-4-3-5-7-11/h3-7,12H,2,8-10H2,1H3,(H,16,17)(H,18,19). The van der Waals surface area contributed by atoms with Gasteiger partial charge in [0.1, 0.15) is 12.6 Å². The fraction of sp³-hybridized carbons (Fsp3) is 0.400. The van der Waals surface area contributed by atoms with E-state index in [4.69, 9.17) is 9.84 Å². The van der Waals surface area contributed by atoms with Gasteiger partial charge in [-0.15, -0.1) is 0 Å². The molecular formula is C15H19NO5. The number of rotatable bonds is 8. The van der Waals surface area contributed by atoms with Crippen molar-refractivity contribution in [1.29, 1.82) is 0 Å². The summed E-state index contributed by atoms with van der Waals surface area (Å²) >= 11 is 0. The molecule has 0 aromatic heterocycles. The van der Waals surface area contributed by atoms with Crippen LogP contribution in [0, 0.1) is 0 Å². The van der Waals surface area contributed by atoms with Crippen LogP contribution >= 0.6 is 0 Å². The van der Waals surface area contributed by atoms with Crippen molar-refractivity contribution in [1.82, 2.24) is 5.32 Å². The molecule has 1 unspecified atom stereocenters. The molecule has 1 aromatic carbocycles. The topological polar surface area (TPSA) is 92.7 Å². The monoisotopic (exact) mass is 293 g/mol. The van der Waals surface area contributed by atoms with E-state index in [0.29, 0.717) is 6.42 Å². The van der Waals surface area contributed by atoms with Crippen LogP contribution in [0.1, 0.15) is 31.7 Å². The van der Waals surface area contributed by atoms with Gasteiger partial charge in [-0.1, -0.05) is 37.3 Å². The zero-order valence-corrected chi connectivity index (χ0v) is 11.9. The van der Waals surface area contributed by atoms with Crippen LogP contribution in [0.3, 0.4) is 0 Å². The third kappa shape index (κ3) is 6.56. The first-order valence-corrected chi connectivity index (χ1v) is 6.74. The average molecular weight is 293 g/mol. The largest absolute Gasteiger partial charge is 0.481 e. The molecule has 0 radical (unpaired) electrons. The summed E-state index contributed by atoms with van der Waals surface area (Å²) in [5.74, 6) is -2.05. The molecule has 0 saturated carbocycles. The second-order valence-electron chi connectivity index (χ2n) is 4.52. The SMILES string of the molecule is CCC(NC(=O)CCC(=O)O)C(=O)OCc1ccccc1. The Morgan fingerprint density at radius 3 is 2.43 bits per heavy atom. The number of hydrogen-bond acceptors (Lipinski definition) is 4. The Morgan fingerprint density at radius 2 is 1.86 bits per heavy atom. The average Bonchev–Trinajstić information content (AvgIpc) is 2.49. The molecule has 6 nitrogen and oxygen atoms in total. The molecule has 0 aliphatic heterocycles. The molecule has 2 N–H and O–H groups in total. The second-order valence-corrected chi connectivity index (χ2v) is 4.52. The second kappa shape index (κ2) is 8.73. The first kappa shape index (κ1) is 16.7. The van der Waals surface area contributed by atoms with Crippen molar-refractivity contribution >= 4 is 17.8 Å². The van der Waals surface area contributed by atoms with Gasteiger partial charge in [-0.05, 0) is 12.0 Å². The Balaban J connectivity index is 2.42. The molecule has 21 heavy (non-hydrogen) atoms. The maximum Gasteiger partial charge on any atom is 0.328 e. The van der Waals surface area contributed by atoms with E-state index in [0.717, 1.165) is 5.56 Å². The van der Waals surface area contributed by atoms with E-state index in [1.807, 2.05) is 30.3 Å². The molecule has 1 amide bonds. The molecule has 1 aromatic rings. The minimum Gasteiger partial charge on any atom is -0.481 e. The van der Waals surface area contributed by atoms with E-state index in [2.05, 4.69) is 5.32 Å². The molecule has 1 rings (SSSR count). The van der Waals surface area contributed by atoms with Gasteiger partial charge in [0.15, 0.2) is 0 Å². The maximum atomic E-state index is 11.9. The van der Waals surface area contributed by atoms with Crippen LogP contribution in [0.2, 0.25) is 0 Å². The van der Waals surface area contributed by atoms with E-state index in [1.54, 1.807) is 6.92 Å². The highest BCUT2D eigenvalue weighted by atomic mass is 16.5.